The largest absolute Gasteiger partial charge is 0.449 e. The monoisotopic (exact) mass is 372 g/mol. The second kappa shape index (κ2) is 8.50. The number of nitrogens with zero attached hydrogens (tertiary/aromatic N) is 2. The summed E-state index contributed by atoms with van der Waals surface area (Å²) in [6, 6.07) is 3.99. The van der Waals surface area contributed by atoms with Crippen LogP contribution in [0.3, 0.4) is 0 Å². The molecule has 0 radical (unpaired) electrons. The summed E-state index contributed by atoms with van der Waals surface area (Å²) < 4.78 is 45.7. The summed E-state index contributed by atoms with van der Waals surface area (Å²) in [4.78, 5) is 15.9. The molecule has 1 heterocycles. The van der Waals surface area contributed by atoms with Gasteiger partial charge in [0.25, 0.3) is 5.91 Å². The normalized spacial score (nSPS) is 12.1. The SMILES string of the molecule is COCCNCCNC(=O)c1ccc2c(c1)nc(C(F)(F)F)n2C(C)C. The van der Waals surface area contributed by atoms with Gasteiger partial charge in [-0.3, -0.25) is 4.79 Å². The third kappa shape index (κ3) is 4.73. The van der Waals surface area contributed by atoms with Gasteiger partial charge < -0.3 is 19.9 Å². The molecular formula is C17H23F3N4O2. The first-order valence-electron chi connectivity index (χ1n) is 8.32. The molecule has 0 aliphatic heterocycles. The van der Waals surface area contributed by atoms with Gasteiger partial charge in [-0.15, -0.1) is 0 Å². The number of fused-ring (bicyclic) bond motifs is 1. The van der Waals surface area contributed by atoms with Crippen molar-refractivity contribution in [2.45, 2.75) is 26.1 Å². The highest BCUT2D eigenvalue weighted by Crippen LogP contribution is 2.33. The first-order valence-corrected chi connectivity index (χ1v) is 8.32. The number of imidazole rings is 1. The van der Waals surface area contributed by atoms with Gasteiger partial charge in [-0.25, -0.2) is 4.98 Å². The van der Waals surface area contributed by atoms with Crippen LogP contribution in [0.1, 0.15) is 36.1 Å². The second-order valence-corrected chi connectivity index (χ2v) is 6.10. The van der Waals surface area contributed by atoms with Gasteiger partial charge >= 0.3 is 6.18 Å². The molecule has 0 spiro atoms. The lowest BCUT2D eigenvalue weighted by Gasteiger charge is -2.14. The number of methoxy groups -OCH3 is 1. The number of hydrogen-bond donors (Lipinski definition) is 2. The Labute approximate surface area is 149 Å². The lowest BCUT2D eigenvalue weighted by atomic mass is 10.2. The molecule has 6 nitrogen and oxygen atoms in total. The molecule has 0 atom stereocenters. The van der Waals surface area contributed by atoms with Crippen molar-refractivity contribution < 1.29 is 22.7 Å². The Morgan fingerprint density at radius 1 is 1.27 bits per heavy atom. The van der Waals surface area contributed by atoms with Gasteiger partial charge in [0.05, 0.1) is 17.6 Å². The fourth-order valence-electron chi connectivity index (χ4n) is 2.63. The molecule has 1 amide bonds. The van der Waals surface area contributed by atoms with Crippen LogP contribution in [0.2, 0.25) is 0 Å². The van der Waals surface area contributed by atoms with Gasteiger partial charge in [0.1, 0.15) is 0 Å². The van der Waals surface area contributed by atoms with E-state index in [9.17, 15) is 18.0 Å². The zero-order chi connectivity index (χ0) is 19.3. The van der Waals surface area contributed by atoms with Crippen molar-refractivity contribution in [2.24, 2.45) is 0 Å². The van der Waals surface area contributed by atoms with Crippen LogP contribution in [-0.2, 0) is 10.9 Å². The van der Waals surface area contributed by atoms with E-state index in [0.717, 1.165) is 4.57 Å². The number of ether oxygens (including phenoxy) is 1. The Morgan fingerprint density at radius 3 is 2.62 bits per heavy atom. The van der Waals surface area contributed by atoms with E-state index >= 15 is 0 Å². The molecule has 0 saturated heterocycles. The maximum absolute atomic E-state index is 13.2. The third-order valence-corrected chi connectivity index (χ3v) is 3.79. The van der Waals surface area contributed by atoms with Crippen LogP contribution in [0.15, 0.2) is 18.2 Å². The molecule has 9 heteroatoms. The highest BCUT2D eigenvalue weighted by molar-refractivity contribution is 5.97. The molecule has 0 aliphatic rings. The van der Waals surface area contributed by atoms with E-state index in [1.165, 1.54) is 18.2 Å². The molecule has 0 saturated carbocycles. The van der Waals surface area contributed by atoms with Crippen molar-refractivity contribution in [1.82, 2.24) is 20.2 Å². The predicted octanol–water partition coefficient (Wildman–Crippen LogP) is 2.60. The lowest BCUT2D eigenvalue weighted by Crippen LogP contribution is -2.33. The van der Waals surface area contributed by atoms with E-state index in [2.05, 4.69) is 15.6 Å². The van der Waals surface area contributed by atoms with Gasteiger partial charge in [-0.1, -0.05) is 0 Å². The van der Waals surface area contributed by atoms with E-state index < -0.39 is 18.0 Å². The summed E-state index contributed by atoms with van der Waals surface area (Å²) in [6.07, 6.45) is -4.56. The maximum Gasteiger partial charge on any atom is 0.449 e. The van der Waals surface area contributed by atoms with Crippen LogP contribution < -0.4 is 10.6 Å². The molecule has 0 bridgehead atoms. The Hall–Kier alpha value is -2.13. The Bertz CT molecular complexity index is 756. The molecule has 144 valence electrons. The molecule has 2 N–H and O–H groups in total. The number of aromatic nitrogens is 2. The zero-order valence-corrected chi connectivity index (χ0v) is 15.0. The minimum absolute atomic E-state index is 0.150. The fraction of sp³-hybridized carbons (Fsp3) is 0.529. The number of carbonyl (C=O) groups excluding carboxylic acids is 1. The standard InChI is InChI=1S/C17H23F3N4O2/c1-11(2)24-14-5-4-12(10-13(14)23-16(24)17(18,19)20)15(25)22-7-6-21-8-9-26-3/h4-5,10-11,21H,6-9H2,1-3H3,(H,22,25). The average molecular weight is 372 g/mol. The average Bonchev–Trinajstić information content (AvgIpc) is 2.97. The molecule has 1 aromatic heterocycles. The number of halogens is 3. The Balaban J connectivity index is 2.14. The third-order valence-electron chi connectivity index (χ3n) is 3.79. The minimum Gasteiger partial charge on any atom is -0.383 e. The van der Waals surface area contributed by atoms with Crippen LogP contribution in [0.25, 0.3) is 11.0 Å². The summed E-state index contributed by atoms with van der Waals surface area (Å²) in [5, 5.41) is 5.80. The highest BCUT2D eigenvalue weighted by Gasteiger charge is 2.38. The number of amides is 1. The summed E-state index contributed by atoms with van der Waals surface area (Å²) >= 11 is 0. The van der Waals surface area contributed by atoms with Gasteiger partial charge in [0, 0.05) is 38.3 Å². The number of benzene rings is 1. The summed E-state index contributed by atoms with van der Waals surface area (Å²) in [6.45, 7) is 5.53. The van der Waals surface area contributed by atoms with Gasteiger partial charge in [0.15, 0.2) is 0 Å². The zero-order valence-electron chi connectivity index (χ0n) is 15.0. The van der Waals surface area contributed by atoms with Crippen molar-refractivity contribution in [3.8, 4) is 0 Å². The van der Waals surface area contributed by atoms with Crippen molar-refractivity contribution >= 4 is 16.9 Å². The predicted molar refractivity (Wildman–Crippen MR) is 92.2 cm³/mol. The van der Waals surface area contributed by atoms with Crippen LogP contribution in [0, 0.1) is 0 Å². The molecule has 0 unspecified atom stereocenters. The first kappa shape index (κ1) is 20.2. The van der Waals surface area contributed by atoms with Crippen LogP contribution in [0.5, 0.6) is 0 Å². The first-order chi connectivity index (χ1) is 12.3. The second-order valence-electron chi connectivity index (χ2n) is 6.10. The van der Waals surface area contributed by atoms with Crippen LogP contribution in [-0.4, -0.2) is 48.8 Å². The number of alkyl halides is 3. The minimum atomic E-state index is -4.56. The topological polar surface area (TPSA) is 68.2 Å². The molecule has 0 fully saturated rings. The highest BCUT2D eigenvalue weighted by atomic mass is 19.4. The number of nitrogens with one attached hydrogen (secondary N) is 2. The van der Waals surface area contributed by atoms with E-state index in [0.29, 0.717) is 31.8 Å². The van der Waals surface area contributed by atoms with Crippen LogP contribution in [0.4, 0.5) is 13.2 Å². The van der Waals surface area contributed by atoms with E-state index in [1.54, 1.807) is 21.0 Å². The maximum atomic E-state index is 13.2. The fourth-order valence-corrected chi connectivity index (χ4v) is 2.63. The number of hydrogen-bond acceptors (Lipinski definition) is 4. The summed E-state index contributed by atoms with van der Waals surface area (Å²) in [5.41, 5.74) is 0.776. The van der Waals surface area contributed by atoms with E-state index in [1.807, 2.05) is 0 Å². The van der Waals surface area contributed by atoms with Gasteiger partial charge in [-0.05, 0) is 32.0 Å². The molecule has 2 rings (SSSR count). The van der Waals surface area contributed by atoms with E-state index in [-0.39, 0.29) is 17.0 Å². The van der Waals surface area contributed by atoms with Crippen molar-refractivity contribution in [1.29, 1.82) is 0 Å². The summed E-state index contributed by atoms with van der Waals surface area (Å²) in [5.74, 6) is -1.31. The Kier molecular flexibility index (Phi) is 6.60. The van der Waals surface area contributed by atoms with E-state index in [4.69, 9.17) is 4.74 Å². The van der Waals surface area contributed by atoms with Crippen molar-refractivity contribution in [3.05, 3.63) is 29.6 Å². The van der Waals surface area contributed by atoms with Gasteiger partial charge in [-0.2, -0.15) is 13.2 Å². The molecular weight excluding hydrogens is 349 g/mol. The molecule has 2 aromatic rings. The molecule has 1 aromatic carbocycles. The lowest BCUT2D eigenvalue weighted by molar-refractivity contribution is -0.147. The number of carbonyl (C=O) groups is 1. The van der Waals surface area contributed by atoms with Crippen LogP contribution >= 0.6 is 0 Å². The molecule has 0 aliphatic carbocycles. The quantitative estimate of drug-likeness (QED) is 0.699. The van der Waals surface area contributed by atoms with Gasteiger partial charge in [0.2, 0.25) is 5.82 Å². The van der Waals surface area contributed by atoms with Crippen molar-refractivity contribution in [3.63, 3.8) is 0 Å². The molecule has 26 heavy (non-hydrogen) atoms. The Morgan fingerprint density at radius 2 is 2.00 bits per heavy atom. The van der Waals surface area contributed by atoms with Crippen molar-refractivity contribution in [2.75, 3.05) is 33.4 Å². The summed E-state index contributed by atoms with van der Waals surface area (Å²) in [7, 11) is 1.60. The smallest absolute Gasteiger partial charge is 0.383 e. The number of rotatable bonds is 8.